The molecule has 0 radical (unpaired) electrons. The molecule has 1 unspecified atom stereocenters. The second kappa shape index (κ2) is 7.31. The second-order valence-corrected chi connectivity index (χ2v) is 7.54. The van der Waals surface area contributed by atoms with Gasteiger partial charge in [0.05, 0.1) is 18.8 Å². The summed E-state index contributed by atoms with van der Waals surface area (Å²) in [7, 11) is 3.28. The van der Waals surface area contributed by atoms with E-state index >= 15 is 0 Å². The third-order valence-electron chi connectivity index (χ3n) is 5.13. The van der Waals surface area contributed by atoms with Crippen molar-refractivity contribution in [2.45, 2.75) is 25.8 Å². The van der Waals surface area contributed by atoms with Crippen LogP contribution in [0.2, 0.25) is 5.02 Å². The van der Waals surface area contributed by atoms with Gasteiger partial charge in [0, 0.05) is 35.9 Å². The normalized spacial score (nSPS) is 14.7. The maximum absolute atomic E-state index is 12.4. The first-order chi connectivity index (χ1) is 13.5. The number of pyridine rings is 1. The van der Waals surface area contributed by atoms with Gasteiger partial charge >= 0.3 is 6.01 Å². The number of fused-ring (bicyclic) bond motifs is 1. The predicted octanol–water partition coefficient (Wildman–Crippen LogP) is 3.94. The van der Waals surface area contributed by atoms with E-state index in [4.69, 9.17) is 16.3 Å². The average molecular weight is 400 g/mol. The van der Waals surface area contributed by atoms with E-state index in [9.17, 15) is 4.79 Å². The summed E-state index contributed by atoms with van der Waals surface area (Å²) >= 11 is 6.21. The fraction of sp³-hybridized carbons (Fsp3) is 0.350. The number of aryl methyl sites for hydroxylation is 1. The van der Waals surface area contributed by atoms with Gasteiger partial charge in [0.2, 0.25) is 0 Å². The summed E-state index contributed by atoms with van der Waals surface area (Å²) in [6.45, 7) is 2.16. The van der Waals surface area contributed by atoms with Crippen molar-refractivity contribution in [2.75, 3.05) is 17.7 Å². The molecule has 3 aromatic rings. The lowest BCUT2D eigenvalue weighted by Crippen LogP contribution is -2.22. The van der Waals surface area contributed by atoms with Crippen LogP contribution in [-0.2, 0) is 7.05 Å². The highest BCUT2D eigenvalue weighted by Gasteiger charge is 2.28. The van der Waals surface area contributed by atoms with Crippen LogP contribution in [0.3, 0.4) is 0 Å². The van der Waals surface area contributed by atoms with Gasteiger partial charge in [0.15, 0.2) is 5.82 Å². The average Bonchev–Trinajstić information content (AvgIpc) is 3.53. The molecule has 146 valence electrons. The number of nitrogens with zero attached hydrogens (tertiary/aromatic N) is 3. The van der Waals surface area contributed by atoms with E-state index in [-0.39, 0.29) is 11.6 Å². The number of hydrogen-bond donors (Lipinski definition) is 2. The van der Waals surface area contributed by atoms with Gasteiger partial charge in [-0.2, -0.15) is 4.98 Å². The van der Waals surface area contributed by atoms with Crippen LogP contribution in [0.25, 0.3) is 10.9 Å². The molecule has 2 heterocycles. The van der Waals surface area contributed by atoms with Crippen LogP contribution < -0.4 is 20.9 Å². The highest BCUT2D eigenvalue weighted by molar-refractivity contribution is 6.32. The molecule has 1 aliphatic rings. The van der Waals surface area contributed by atoms with E-state index in [1.54, 1.807) is 17.7 Å². The molecular weight excluding hydrogens is 378 g/mol. The molecule has 2 N–H and O–H groups in total. The van der Waals surface area contributed by atoms with Crippen molar-refractivity contribution in [1.82, 2.24) is 14.5 Å². The van der Waals surface area contributed by atoms with Gasteiger partial charge in [-0.3, -0.25) is 4.79 Å². The van der Waals surface area contributed by atoms with E-state index in [0.29, 0.717) is 22.8 Å². The number of anilines is 3. The molecule has 28 heavy (non-hydrogen) atoms. The molecule has 1 atom stereocenters. The van der Waals surface area contributed by atoms with Crippen LogP contribution in [0.4, 0.5) is 17.2 Å². The van der Waals surface area contributed by atoms with Crippen LogP contribution in [0.5, 0.6) is 6.01 Å². The standard InChI is InChI=1S/C20H22ClN5O2/c1-11(12-4-5-12)23-16-9-18(27)26(2)17-7-6-13(8-14(16)17)24-19-15(21)10-22-20(25-19)28-3/h6-12,23H,4-5H2,1-3H3,(H,22,24,25). The number of hydrogen-bond acceptors (Lipinski definition) is 6. The lowest BCUT2D eigenvalue weighted by Gasteiger charge is -2.18. The maximum Gasteiger partial charge on any atom is 0.318 e. The summed E-state index contributed by atoms with van der Waals surface area (Å²) in [5.74, 6) is 1.13. The van der Waals surface area contributed by atoms with Crippen LogP contribution >= 0.6 is 11.6 Å². The van der Waals surface area contributed by atoms with Crippen molar-refractivity contribution in [3.05, 3.63) is 45.8 Å². The van der Waals surface area contributed by atoms with Crippen molar-refractivity contribution >= 4 is 39.7 Å². The minimum atomic E-state index is -0.0395. The molecule has 0 saturated heterocycles. The first-order valence-electron chi connectivity index (χ1n) is 9.20. The summed E-state index contributed by atoms with van der Waals surface area (Å²) in [4.78, 5) is 20.6. The lowest BCUT2D eigenvalue weighted by atomic mass is 10.1. The zero-order valence-corrected chi connectivity index (χ0v) is 16.7. The zero-order chi connectivity index (χ0) is 19.8. The summed E-state index contributed by atoms with van der Waals surface area (Å²) in [5, 5.41) is 8.08. The Kier molecular flexibility index (Phi) is 4.85. The second-order valence-electron chi connectivity index (χ2n) is 7.14. The van der Waals surface area contributed by atoms with E-state index in [0.717, 1.165) is 22.3 Å². The Balaban J connectivity index is 1.74. The minimum Gasteiger partial charge on any atom is -0.467 e. The van der Waals surface area contributed by atoms with Crippen molar-refractivity contribution in [1.29, 1.82) is 0 Å². The summed E-state index contributed by atoms with van der Waals surface area (Å²) < 4.78 is 6.71. The summed E-state index contributed by atoms with van der Waals surface area (Å²) in [6, 6.07) is 8.01. The third-order valence-corrected chi connectivity index (χ3v) is 5.40. The molecule has 7 nitrogen and oxygen atoms in total. The summed E-state index contributed by atoms with van der Waals surface area (Å²) in [5.41, 5.74) is 2.46. The number of nitrogens with one attached hydrogen (secondary N) is 2. The zero-order valence-electron chi connectivity index (χ0n) is 16.0. The highest BCUT2D eigenvalue weighted by Crippen LogP contribution is 2.35. The molecule has 0 aliphatic heterocycles. The molecule has 4 rings (SSSR count). The number of benzene rings is 1. The topological polar surface area (TPSA) is 81.1 Å². The van der Waals surface area contributed by atoms with Gasteiger partial charge in [-0.25, -0.2) is 4.98 Å². The molecular formula is C20H22ClN5O2. The number of rotatable bonds is 6. The number of aromatic nitrogens is 3. The van der Waals surface area contributed by atoms with E-state index in [2.05, 4.69) is 27.5 Å². The Bertz CT molecular complexity index is 1090. The van der Waals surface area contributed by atoms with E-state index in [1.165, 1.54) is 26.1 Å². The van der Waals surface area contributed by atoms with Gasteiger partial charge in [-0.1, -0.05) is 11.6 Å². The van der Waals surface area contributed by atoms with Gasteiger partial charge < -0.3 is 19.9 Å². The van der Waals surface area contributed by atoms with Crippen molar-refractivity contribution in [2.24, 2.45) is 13.0 Å². The van der Waals surface area contributed by atoms with Crippen molar-refractivity contribution in [3.8, 4) is 6.01 Å². The number of ether oxygens (including phenoxy) is 1. The van der Waals surface area contributed by atoms with Crippen molar-refractivity contribution < 1.29 is 4.74 Å². The largest absolute Gasteiger partial charge is 0.467 e. The molecule has 1 saturated carbocycles. The lowest BCUT2D eigenvalue weighted by molar-refractivity contribution is 0.380. The molecule has 1 fully saturated rings. The predicted molar refractivity (Wildman–Crippen MR) is 112 cm³/mol. The number of methoxy groups -OCH3 is 1. The fourth-order valence-corrected chi connectivity index (χ4v) is 3.43. The summed E-state index contributed by atoms with van der Waals surface area (Å²) in [6.07, 6.45) is 3.96. The van der Waals surface area contributed by atoms with Crippen LogP contribution in [-0.4, -0.2) is 27.7 Å². The smallest absolute Gasteiger partial charge is 0.318 e. The SMILES string of the molecule is COc1ncc(Cl)c(Nc2ccc3c(c2)c(NC(C)C2CC2)cc(=O)n3C)n1. The fourth-order valence-electron chi connectivity index (χ4n) is 3.29. The first kappa shape index (κ1) is 18.6. The van der Waals surface area contributed by atoms with Gasteiger partial charge in [-0.05, 0) is 43.9 Å². The maximum atomic E-state index is 12.4. The van der Waals surface area contributed by atoms with E-state index < -0.39 is 0 Å². The van der Waals surface area contributed by atoms with Gasteiger partial charge in [0.1, 0.15) is 5.02 Å². The Hall–Kier alpha value is -2.80. The van der Waals surface area contributed by atoms with Gasteiger partial charge in [0.25, 0.3) is 5.56 Å². The Morgan fingerprint density at radius 2 is 2.11 bits per heavy atom. The Morgan fingerprint density at radius 1 is 1.32 bits per heavy atom. The van der Waals surface area contributed by atoms with Crippen LogP contribution in [0.15, 0.2) is 35.3 Å². The first-order valence-corrected chi connectivity index (χ1v) is 9.58. The minimum absolute atomic E-state index is 0.0395. The molecule has 8 heteroatoms. The van der Waals surface area contributed by atoms with Crippen LogP contribution in [0.1, 0.15) is 19.8 Å². The molecule has 0 amide bonds. The molecule has 0 bridgehead atoms. The third kappa shape index (κ3) is 3.62. The monoisotopic (exact) mass is 399 g/mol. The van der Waals surface area contributed by atoms with Crippen LogP contribution in [0, 0.1) is 5.92 Å². The quantitative estimate of drug-likeness (QED) is 0.653. The van der Waals surface area contributed by atoms with Gasteiger partial charge in [-0.15, -0.1) is 0 Å². The molecule has 1 aromatic carbocycles. The highest BCUT2D eigenvalue weighted by atomic mass is 35.5. The molecule has 2 aromatic heterocycles. The van der Waals surface area contributed by atoms with E-state index in [1.807, 2.05) is 18.2 Å². The Labute approximate surface area is 167 Å². The van der Waals surface area contributed by atoms with Crippen molar-refractivity contribution in [3.63, 3.8) is 0 Å². The molecule has 1 aliphatic carbocycles. The molecule has 0 spiro atoms. The Morgan fingerprint density at radius 3 is 2.82 bits per heavy atom. The number of halogens is 1.